The van der Waals surface area contributed by atoms with Crippen molar-refractivity contribution in [3.63, 3.8) is 0 Å². The average molecular weight is 323 g/mol. The molecule has 6 heteroatoms. The summed E-state index contributed by atoms with van der Waals surface area (Å²) < 4.78 is 0.403. The third-order valence-electron chi connectivity index (χ3n) is 4.53. The molecule has 0 aliphatic heterocycles. The second-order valence-electron chi connectivity index (χ2n) is 5.82. The standard InChI is InChI=1S/C15H21N3OS2/c1-9-10(2)21-14-12(9)13(19)17-11(18-14)7-16-8-15(20-3)5-4-6-15/h16H,4-8H2,1-3H3,(H,17,18,19). The number of H-pyrrole nitrogens is 1. The molecule has 0 amide bonds. The largest absolute Gasteiger partial charge is 0.309 e. The highest BCUT2D eigenvalue weighted by atomic mass is 32.2. The summed E-state index contributed by atoms with van der Waals surface area (Å²) in [6.45, 7) is 5.64. The van der Waals surface area contributed by atoms with Gasteiger partial charge in [0.05, 0.1) is 11.9 Å². The minimum Gasteiger partial charge on any atom is -0.309 e. The number of thioether (sulfide) groups is 1. The number of nitrogens with zero attached hydrogens (tertiary/aromatic N) is 1. The molecule has 1 aliphatic rings. The molecule has 1 aliphatic carbocycles. The van der Waals surface area contributed by atoms with Crippen molar-refractivity contribution in [1.29, 1.82) is 0 Å². The fourth-order valence-corrected chi connectivity index (χ4v) is 4.81. The van der Waals surface area contributed by atoms with Crippen molar-refractivity contribution < 1.29 is 0 Å². The molecule has 1 fully saturated rings. The highest BCUT2D eigenvalue weighted by Crippen LogP contribution is 2.42. The number of hydrogen-bond donors (Lipinski definition) is 2. The smallest absolute Gasteiger partial charge is 0.259 e. The molecule has 21 heavy (non-hydrogen) atoms. The van der Waals surface area contributed by atoms with Crippen molar-refractivity contribution in [3.05, 3.63) is 26.6 Å². The van der Waals surface area contributed by atoms with Gasteiger partial charge in [-0.3, -0.25) is 4.79 Å². The molecule has 0 spiro atoms. The van der Waals surface area contributed by atoms with Crippen molar-refractivity contribution in [3.8, 4) is 0 Å². The maximum Gasteiger partial charge on any atom is 0.259 e. The van der Waals surface area contributed by atoms with Crippen LogP contribution in [-0.4, -0.2) is 27.5 Å². The monoisotopic (exact) mass is 323 g/mol. The van der Waals surface area contributed by atoms with Gasteiger partial charge in [-0.25, -0.2) is 4.98 Å². The normalized spacial score (nSPS) is 17.1. The molecule has 0 atom stereocenters. The van der Waals surface area contributed by atoms with E-state index in [1.807, 2.05) is 25.6 Å². The van der Waals surface area contributed by atoms with E-state index in [0.717, 1.165) is 28.1 Å². The van der Waals surface area contributed by atoms with Crippen LogP contribution in [0, 0.1) is 13.8 Å². The third-order valence-corrected chi connectivity index (χ3v) is 7.05. The fraction of sp³-hybridized carbons (Fsp3) is 0.600. The van der Waals surface area contributed by atoms with Crippen LogP contribution in [0.3, 0.4) is 0 Å². The van der Waals surface area contributed by atoms with Crippen LogP contribution in [0.25, 0.3) is 10.2 Å². The van der Waals surface area contributed by atoms with Gasteiger partial charge in [0.2, 0.25) is 0 Å². The van der Waals surface area contributed by atoms with E-state index in [1.165, 1.54) is 24.1 Å². The zero-order chi connectivity index (χ0) is 15.0. The van der Waals surface area contributed by atoms with Crippen molar-refractivity contribution in [2.24, 2.45) is 0 Å². The average Bonchev–Trinajstić information content (AvgIpc) is 2.68. The SMILES string of the molecule is CSC1(CNCc2nc3sc(C)c(C)c3c(=O)[nH]2)CCC1. The summed E-state index contributed by atoms with van der Waals surface area (Å²) in [7, 11) is 0. The number of aromatic amines is 1. The second kappa shape index (κ2) is 5.74. The summed E-state index contributed by atoms with van der Waals surface area (Å²) in [6.07, 6.45) is 6.09. The van der Waals surface area contributed by atoms with Gasteiger partial charge >= 0.3 is 0 Å². The predicted octanol–water partition coefficient (Wildman–Crippen LogP) is 2.98. The first-order chi connectivity index (χ1) is 10.0. The fourth-order valence-electron chi connectivity index (χ4n) is 2.82. The van der Waals surface area contributed by atoms with Crippen molar-refractivity contribution in [2.75, 3.05) is 12.8 Å². The first-order valence-electron chi connectivity index (χ1n) is 7.29. The van der Waals surface area contributed by atoms with Gasteiger partial charge in [0.1, 0.15) is 10.7 Å². The molecular formula is C15H21N3OS2. The molecule has 2 N–H and O–H groups in total. The maximum absolute atomic E-state index is 12.2. The zero-order valence-corrected chi connectivity index (χ0v) is 14.3. The third kappa shape index (κ3) is 2.76. The van der Waals surface area contributed by atoms with Gasteiger partial charge in [-0.1, -0.05) is 6.42 Å². The molecule has 3 rings (SSSR count). The lowest BCUT2D eigenvalue weighted by atomic mass is 9.84. The summed E-state index contributed by atoms with van der Waals surface area (Å²) in [5.41, 5.74) is 1.04. The van der Waals surface area contributed by atoms with Gasteiger partial charge in [0.25, 0.3) is 5.56 Å². The van der Waals surface area contributed by atoms with Crippen LogP contribution >= 0.6 is 23.1 Å². The lowest BCUT2D eigenvalue weighted by Gasteiger charge is -2.40. The molecule has 2 aromatic heterocycles. The van der Waals surface area contributed by atoms with E-state index < -0.39 is 0 Å². The number of hydrogen-bond acceptors (Lipinski definition) is 5. The Morgan fingerprint density at radius 2 is 2.19 bits per heavy atom. The van der Waals surface area contributed by atoms with Crippen LogP contribution in [-0.2, 0) is 6.54 Å². The molecule has 1 saturated carbocycles. The number of fused-ring (bicyclic) bond motifs is 1. The van der Waals surface area contributed by atoms with Crippen LogP contribution in [0.4, 0.5) is 0 Å². The summed E-state index contributed by atoms with van der Waals surface area (Å²) >= 11 is 3.56. The quantitative estimate of drug-likeness (QED) is 0.888. The van der Waals surface area contributed by atoms with Crippen molar-refractivity contribution in [1.82, 2.24) is 15.3 Å². The van der Waals surface area contributed by atoms with Crippen LogP contribution in [0.5, 0.6) is 0 Å². The van der Waals surface area contributed by atoms with Crippen molar-refractivity contribution >= 4 is 33.3 Å². The van der Waals surface area contributed by atoms with Gasteiger partial charge in [-0.05, 0) is 38.5 Å². The van der Waals surface area contributed by atoms with Gasteiger partial charge in [-0.2, -0.15) is 11.8 Å². The minimum absolute atomic E-state index is 0.0122. The Balaban J connectivity index is 1.74. The molecule has 2 heterocycles. The van der Waals surface area contributed by atoms with Gasteiger partial charge < -0.3 is 10.3 Å². The molecule has 2 aromatic rings. The van der Waals surface area contributed by atoms with E-state index in [1.54, 1.807) is 11.3 Å². The number of rotatable bonds is 5. The van der Waals surface area contributed by atoms with E-state index in [2.05, 4.69) is 21.5 Å². The van der Waals surface area contributed by atoms with Crippen LogP contribution in [0.2, 0.25) is 0 Å². The highest BCUT2D eigenvalue weighted by Gasteiger charge is 2.35. The van der Waals surface area contributed by atoms with E-state index >= 15 is 0 Å². The number of nitrogens with one attached hydrogen (secondary N) is 2. The molecule has 114 valence electrons. The van der Waals surface area contributed by atoms with Crippen LogP contribution < -0.4 is 10.9 Å². The first-order valence-corrected chi connectivity index (χ1v) is 9.33. The van der Waals surface area contributed by atoms with Gasteiger partial charge in [0, 0.05) is 16.2 Å². The molecule has 4 nitrogen and oxygen atoms in total. The molecule has 0 bridgehead atoms. The summed E-state index contributed by atoms with van der Waals surface area (Å²) in [4.78, 5) is 21.7. The number of thiophene rings is 1. The van der Waals surface area contributed by atoms with Gasteiger partial charge in [0.15, 0.2) is 0 Å². The van der Waals surface area contributed by atoms with E-state index in [0.29, 0.717) is 11.3 Å². The Morgan fingerprint density at radius 1 is 1.43 bits per heavy atom. The van der Waals surface area contributed by atoms with E-state index in [-0.39, 0.29) is 5.56 Å². The van der Waals surface area contributed by atoms with Gasteiger partial charge in [-0.15, -0.1) is 11.3 Å². The predicted molar refractivity (Wildman–Crippen MR) is 91.5 cm³/mol. The Kier molecular flexibility index (Phi) is 4.12. The molecule has 0 unspecified atom stereocenters. The summed E-state index contributed by atoms with van der Waals surface area (Å²) in [5, 5.41) is 4.21. The molecular weight excluding hydrogens is 302 g/mol. The molecule has 0 saturated heterocycles. The first kappa shape index (κ1) is 15.1. The topological polar surface area (TPSA) is 57.8 Å². The molecule has 0 radical (unpaired) electrons. The Bertz CT molecular complexity index is 710. The Hall–Kier alpha value is -0.850. The van der Waals surface area contributed by atoms with Crippen LogP contribution in [0.1, 0.15) is 35.5 Å². The lowest BCUT2D eigenvalue weighted by Crippen LogP contribution is -2.43. The lowest BCUT2D eigenvalue weighted by molar-refractivity contribution is 0.344. The zero-order valence-electron chi connectivity index (χ0n) is 12.7. The number of aromatic nitrogens is 2. The summed E-state index contributed by atoms with van der Waals surface area (Å²) in [5.74, 6) is 0.740. The Morgan fingerprint density at radius 3 is 2.81 bits per heavy atom. The van der Waals surface area contributed by atoms with E-state index in [9.17, 15) is 4.79 Å². The second-order valence-corrected chi connectivity index (χ2v) is 8.30. The minimum atomic E-state index is -0.0122. The van der Waals surface area contributed by atoms with E-state index in [4.69, 9.17) is 0 Å². The van der Waals surface area contributed by atoms with Crippen LogP contribution in [0.15, 0.2) is 4.79 Å². The van der Waals surface area contributed by atoms with Crippen molar-refractivity contribution in [2.45, 2.75) is 44.4 Å². The summed E-state index contributed by atoms with van der Waals surface area (Å²) in [6, 6.07) is 0. The maximum atomic E-state index is 12.2. The molecule has 0 aromatic carbocycles. The number of aryl methyl sites for hydroxylation is 2. The highest BCUT2D eigenvalue weighted by molar-refractivity contribution is 8.00. The Labute approximate surface area is 132 Å².